The number of aliphatic hydroxyl groups excluding tert-OH is 1. The summed E-state index contributed by atoms with van der Waals surface area (Å²) in [5.41, 5.74) is 2.26. The van der Waals surface area contributed by atoms with Gasteiger partial charge in [0.15, 0.2) is 0 Å². The van der Waals surface area contributed by atoms with Gasteiger partial charge in [0.05, 0.1) is 11.5 Å². The van der Waals surface area contributed by atoms with E-state index in [1.807, 2.05) is 26.0 Å². The third-order valence-corrected chi connectivity index (χ3v) is 4.58. The van der Waals surface area contributed by atoms with Crippen LogP contribution in [0.5, 0.6) is 0 Å². The Morgan fingerprint density at radius 1 is 1.38 bits per heavy atom. The Morgan fingerprint density at radius 3 is 2.67 bits per heavy atom. The minimum atomic E-state index is -3.60. The number of nitrogens with one attached hydrogen (secondary N) is 1. The second kappa shape index (κ2) is 6.38. The molecule has 0 spiro atoms. The molecule has 0 radical (unpaired) electrons. The van der Waals surface area contributed by atoms with E-state index >= 15 is 0 Å². The minimum Gasteiger partial charge on any atom is -0.390 e. The Balaban J connectivity index is 2.14. The zero-order valence-electron chi connectivity index (χ0n) is 12.1. The lowest BCUT2D eigenvalue weighted by atomic mass is 10.2. The number of nitrogens with zero attached hydrogens (tertiary/aromatic N) is 2. The van der Waals surface area contributed by atoms with Gasteiger partial charge in [-0.05, 0) is 31.5 Å². The monoisotopic (exact) mass is 309 g/mol. The van der Waals surface area contributed by atoms with E-state index in [4.69, 9.17) is 0 Å². The molecule has 2 aromatic heterocycles. The van der Waals surface area contributed by atoms with Gasteiger partial charge >= 0.3 is 0 Å². The van der Waals surface area contributed by atoms with Gasteiger partial charge in [0, 0.05) is 36.9 Å². The maximum Gasteiger partial charge on any atom is 0.242 e. The molecule has 0 atom stereocenters. The fourth-order valence-electron chi connectivity index (χ4n) is 1.96. The lowest BCUT2D eigenvalue weighted by molar-refractivity contribution is 0.271. The van der Waals surface area contributed by atoms with Crippen LogP contribution in [-0.2, 0) is 29.7 Å². The van der Waals surface area contributed by atoms with Crippen LogP contribution in [0.2, 0.25) is 0 Å². The number of pyridine rings is 1. The lowest BCUT2D eigenvalue weighted by Crippen LogP contribution is -2.23. The first kappa shape index (κ1) is 15.7. The van der Waals surface area contributed by atoms with Crippen LogP contribution in [0.3, 0.4) is 0 Å². The molecule has 6 nitrogen and oxygen atoms in total. The van der Waals surface area contributed by atoms with Crippen molar-refractivity contribution < 1.29 is 13.5 Å². The largest absolute Gasteiger partial charge is 0.390 e. The summed E-state index contributed by atoms with van der Waals surface area (Å²) in [7, 11) is -3.60. The van der Waals surface area contributed by atoms with Crippen LogP contribution in [-0.4, -0.2) is 23.1 Å². The fraction of sp³-hybridized carbons (Fsp3) is 0.357. The molecule has 0 fully saturated rings. The molecule has 0 saturated carbocycles. The Kier molecular flexibility index (Phi) is 4.76. The molecule has 0 saturated heterocycles. The van der Waals surface area contributed by atoms with Crippen LogP contribution < -0.4 is 4.72 Å². The molecule has 114 valence electrons. The molecule has 0 amide bonds. The molecule has 0 aliphatic carbocycles. The van der Waals surface area contributed by atoms with Crippen LogP contribution in [0, 0.1) is 6.92 Å². The second-order valence-electron chi connectivity index (χ2n) is 4.74. The zero-order valence-corrected chi connectivity index (χ0v) is 12.9. The molecular formula is C14H19N3O3S. The Morgan fingerprint density at radius 2 is 2.14 bits per heavy atom. The van der Waals surface area contributed by atoms with Crippen LogP contribution in [0.1, 0.15) is 23.9 Å². The van der Waals surface area contributed by atoms with E-state index in [0.29, 0.717) is 12.2 Å². The van der Waals surface area contributed by atoms with Crippen molar-refractivity contribution in [3.05, 3.63) is 47.5 Å². The van der Waals surface area contributed by atoms with Crippen molar-refractivity contribution in [2.45, 2.75) is 38.4 Å². The van der Waals surface area contributed by atoms with Gasteiger partial charge in [0.2, 0.25) is 10.0 Å². The first-order valence-electron chi connectivity index (χ1n) is 6.67. The van der Waals surface area contributed by atoms with Crippen LogP contribution in [0.15, 0.2) is 35.5 Å². The molecule has 0 aliphatic heterocycles. The molecule has 0 unspecified atom stereocenters. The Bertz CT molecular complexity index is 684. The maximum atomic E-state index is 12.2. The molecule has 7 heteroatoms. The van der Waals surface area contributed by atoms with E-state index in [9.17, 15) is 13.5 Å². The average Bonchev–Trinajstić information content (AvgIpc) is 2.91. The summed E-state index contributed by atoms with van der Waals surface area (Å²) in [4.78, 5) is 4.29. The normalized spacial score (nSPS) is 11.8. The number of rotatable bonds is 6. The highest BCUT2D eigenvalue weighted by molar-refractivity contribution is 7.89. The number of sulfonamides is 1. The highest BCUT2D eigenvalue weighted by Crippen LogP contribution is 2.15. The molecule has 2 N–H and O–H groups in total. The third-order valence-electron chi connectivity index (χ3n) is 3.21. The van der Waals surface area contributed by atoms with Gasteiger partial charge in [-0.2, -0.15) is 0 Å². The van der Waals surface area contributed by atoms with Gasteiger partial charge in [-0.25, -0.2) is 13.1 Å². The molecular weight excluding hydrogens is 290 g/mol. The van der Waals surface area contributed by atoms with E-state index in [1.54, 1.807) is 10.8 Å². The molecule has 2 aromatic rings. The fourth-order valence-corrected chi connectivity index (χ4v) is 3.04. The molecule has 2 heterocycles. The number of aryl methyl sites for hydroxylation is 2. The summed E-state index contributed by atoms with van der Waals surface area (Å²) in [6.45, 7) is 4.36. The number of aromatic nitrogens is 2. The summed E-state index contributed by atoms with van der Waals surface area (Å²) < 4.78 is 28.7. The van der Waals surface area contributed by atoms with Crippen molar-refractivity contribution in [3.63, 3.8) is 0 Å². The minimum absolute atomic E-state index is 0.161. The SMILES string of the molecule is CCn1cc(S(=O)(=O)NCc2ccc(C)nc2)cc1CO. The van der Waals surface area contributed by atoms with Crippen molar-refractivity contribution >= 4 is 10.0 Å². The Labute approximate surface area is 124 Å². The highest BCUT2D eigenvalue weighted by atomic mass is 32.2. The number of hydrogen-bond donors (Lipinski definition) is 2. The maximum absolute atomic E-state index is 12.2. The summed E-state index contributed by atoms with van der Waals surface area (Å²) in [5, 5.41) is 9.22. The quantitative estimate of drug-likeness (QED) is 0.839. The second-order valence-corrected chi connectivity index (χ2v) is 6.51. The molecule has 2 rings (SSSR count). The van der Waals surface area contributed by atoms with Crippen molar-refractivity contribution in [2.75, 3.05) is 0 Å². The lowest BCUT2D eigenvalue weighted by Gasteiger charge is -2.05. The summed E-state index contributed by atoms with van der Waals surface area (Å²) in [6, 6.07) is 5.15. The highest BCUT2D eigenvalue weighted by Gasteiger charge is 2.17. The van der Waals surface area contributed by atoms with Gasteiger partial charge in [-0.1, -0.05) is 6.07 Å². The number of aliphatic hydroxyl groups is 1. The van der Waals surface area contributed by atoms with Gasteiger partial charge in [-0.3, -0.25) is 4.98 Å². The van der Waals surface area contributed by atoms with Gasteiger partial charge in [-0.15, -0.1) is 0 Å². The van der Waals surface area contributed by atoms with E-state index in [2.05, 4.69) is 9.71 Å². The number of hydrogen-bond acceptors (Lipinski definition) is 4. The predicted molar refractivity (Wildman–Crippen MR) is 79.0 cm³/mol. The van der Waals surface area contributed by atoms with Crippen molar-refractivity contribution in [3.8, 4) is 0 Å². The standard InChI is InChI=1S/C14H19N3O3S/c1-3-17-9-14(6-13(17)10-18)21(19,20)16-8-12-5-4-11(2)15-7-12/h4-7,9,16,18H,3,8,10H2,1-2H3. The first-order chi connectivity index (χ1) is 9.96. The smallest absolute Gasteiger partial charge is 0.242 e. The van der Waals surface area contributed by atoms with Gasteiger partial charge in [0.1, 0.15) is 0 Å². The zero-order chi connectivity index (χ0) is 15.5. The third kappa shape index (κ3) is 3.69. The summed E-state index contributed by atoms with van der Waals surface area (Å²) in [6.07, 6.45) is 3.18. The summed E-state index contributed by atoms with van der Waals surface area (Å²) >= 11 is 0. The summed E-state index contributed by atoms with van der Waals surface area (Å²) in [5.74, 6) is 0. The topological polar surface area (TPSA) is 84.2 Å². The van der Waals surface area contributed by atoms with Gasteiger partial charge in [0.25, 0.3) is 0 Å². The van der Waals surface area contributed by atoms with E-state index in [1.165, 1.54) is 12.3 Å². The van der Waals surface area contributed by atoms with Crippen molar-refractivity contribution in [1.82, 2.24) is 14.3 Å². The van der Waals surface area contributed by atoms with Crippen LogP contribution >= 0.6 is 0 Å². The molecule has 21 heavy (non-hydrogen) atoms. The first-order valence-corrected chi connectivity index (χ1v) is 8.15. The average molecular weight is 309 g/mol. The van der Waals surface area contributed by atoms with Crippen LogP contribution in [0.4, 0.5) is 0 Å². The van der Waals surface area contributed by atoms with Crippen LogP contribution in [0.25, 0.3) is 0 Å². The van der Waals surface area contributed by atoms with Crippen molar-refractivity contribution in [1.29, 1.82) is 0 Å². The van der Waals surface area contributed by atoms with E-state index in [0.717, 1.165) is 11.3 Å². The van der Waals surface area contributed by atoms with E-state index < -0.39 is 10.0 Å². The van der Waals surface area contributed by atoms with E-state index in [-0.39, 0.29) is 18.0 Å². The molecule has 0 aromatic carbocycles. The van der Waals surface area contributed by atoms with Crippen molar-refractivity contribution in [2.24, 2.45) is 0 Å². The molecule has 0 aliphatic rings. The van der Waals surface area contributed by atoms with Gasteiger partial charge < -0.3 is 9.67 Å². The Hall–Kier alpha value is -1.70. The predicted octanol–water partition coefficient (Wildman–Crippen LogP) is 1.18. The molecule has 0 bridgehead atoms.